The number of esters is 1. The summed E-state index contributed by atoms with van der Waals surface area (Å²) in [6, 6.07) is 7.71. The van der Waals surface area contributed by atoms with E-state index < -0.39 is 18.5 Å². The number of hydrogen-bond donors (Lipinski definition) is 2. The lowest BCUT2D eigenvalue weighted by atomic mass is 10.1. The van der Waals surface area contributed by atoms with Gasteiger partial charge in [-0.15, -0.1) is 11.3 Å². The summed E-state index contributed by atoms with van der Waals surface area (Å²) in [4.78, 5) is 43.0. The van der Waals surface area contributed by atoms with Gasteiger partial charge in [0.1, 0.15) is 5.00 Å². The molecule has 4 rings (SSSR count). The van der Waals surface area contributed by atoms with Crippen molar-refractivity contribution in [1.29, 1.82) is 0 Å². The largest absolute Gasteiger partial charge is 0.452 e. The van der Waals surface area contributed by atoms with Gasteiger partial charge in [0, 0.05) is 48.3 Å². The number of nitrogens with zero attached hydrogens (tertiary/aromatic N) is 2. The second kappa shape index (κ2) is 10.6. The summed E-state index contributed by atoms with van der Waals surface area (Å²) in [7, 11) is 0. The average molecular weight is 485 g/mol. The molecule has 2 amide bonds. The third kappa shape index (κ3) is 5.77. The lowest BCUT2D eigenvalue weighted by Crippen LogP contribution is -2.46. The molecule has 2 heterocycles. The number of aryl methyl sites for hydroxylation is 1. The van der Waals surface area contributed by atoms with Crippen LogP contribution in [0.1, 0.15) is 40.6 Å². The van der Waals surface area contributed by atoms with Crippen LogP contribution < -0.4 is 15.5 Å². The number of anilines is 3. The first kappa shape index (κ1) is 24.2. The van der Waals surface area contributed by atoms with Crippen molar-refractivity contribution in [1.82, 2.24) is 4.90 Å². The fraction of sp³-hybridized carbons (Fsp3) is 0.480. The topological polar surface area (TPSA) is 91.0 Å². The Morgan fingerprint density at radius 2 is 1.71 bits per heavy atom. The number of likely N-dealkylation sites (N-methyl/N-ethyl adjacent to an activating group) is 1. The molecule has 1 saturated heterocycles. The Morgan fingerprint density at radius 1 is 1.03 bits per heavy atom. The first-order chi connectivity index (χ1) is 16.4. The highest BCUT2D eigenvalue weighted by Crippen LogP contribution is 2.36. The van der Waals surface area contributed by atoms with E-state index >= 15 is 0 Å². The van der Waals surface area contributed by atoms with Crippen LogP contribution in [0.2, 0.25) is 0 Å². The third-order valence-corrected chi connectivity index (χ3v) is 7.57. The highest BCUT2D eigenvalue weighted by atomic mass is 32.1. The smallest absolute Gasteiger partial charge is 0.341 e. The SMILES string of the molecule is CCN1CCN(c2ccc(NC(=O)COC(=O)c3c(NC(=O)C4CC4)sc(C)c3C)cc2)CC1. The Balaban J connectivity index is 1.29. The maximum atomic E-state index is 12.7. The first-order valence-corrected chi connectivity index (χ1v) is 12.6. The summed E-state index contributed by atoms with van der Waals surface area (Å²) < 4.78 is 5.29. The van der Waals surface area contributed by atoms with E-state index in [-0.39, 0.29) is 11.8 Å². The van der Waals surface area contributed by atoms with Crippen molar-refractivity contribution in [2.24, 2.45) is 5.92 Å². The summed E-state index contributed by atoms with van der Waals surface area (Å²) in [5.41, 5.74) is 2.87. The number of ether oxygens (including phenoxy) is 1. The van der Waals surface area contributed by atoms with Crippen LogP contribution in [0.5, 0.6) is 0 Å². The van der Waals surface area contributed by atoms with Crippen LogP contribution in [0.4, 0.5) is 16.4 Å². The molecule has 0 unspecified atom stereocenters. The molecular weight excluding hydrogens is 452 g/mol. The van der Waals surface area contributed by atoms with Crippen LogP contribution in [0, 0.1) is 19.8 Å². The normalized spacial score (nSPS) is 16.3. The Bertz CT molecular complexity index is 1050. The Kier molecular flexibility index (Phi) is 7.53. The van der Waals surface area contributed by atoms with Crippen molar-refractivity contribution in [2.45, 2.75) is 33.6 Å². The van der Waals surface area contributed by atoms with Crippen molar-refractivity contribution in [2.75, 3.05) is 54.9 Å². The lowest BCUT2D eigenvalue weighted by Gasteiger charge is -2.35. The molecule has 9 heteroatoms. The van der Waals surface area contributed by atoms with Gasteiger partial charge in [-0.2, -0.15) is 0 Å². The van der Waals surface area contributed by atoms with E-state index in [1.807, 2.05) is 38.1 Å². The molecule has 1 aromatic heterocycles. The summed E-state index contributed by atoms with van der Waals surface area (Å²) in [5, 5.41) is 6.12. The van der Waals surface area contributed by atoms with Crippen LogP contribution in [-0.4, -0.2) is 62.0 Å². The summed E-state index contributed by atoms with van der Waals surface area (Å²) >= 11 is 1.35. The van der Waals surface area contributed by atoms with Crippen LogP contribution in [-0.2, 0) is 14.3 Å². The Labute approximate surface area is 204 Å². The highest BCUT2D eigenvalue weighted by molar-refractivity contribution is 7.16. The van der Waals surface area contributed by atoms with Crippen LogP contribution >= 0.6 is 11.3 Å². The van der Waals surface area contributed by atoms with Crippen molar-refractivity contribution in [3.8, 4) is 0 Å². The molecular formula is C25H32N4O4S. The zero-order valence-corrected chi connectivity index (χ0v) is 20.8. The van der Waals surface area contributed by atoms with Gasteiger partial charge < -0.3 is 25.2 Å². The number of hydrogen-bond acceptors (Lipinski definition) is 7. The van der Waals surface area contributed by atoms with Gasteiger partial charge >= 0.3 is 5.97 Å². The second-order valence-electron chi connectivity index (χ2n) is 8.84. The molecule has 0 spiro atoms. The number of nitrogens with one attached hydrogen (secondary N) is 2. The molecule has 8 nitrogen and oxygen atoms in total. The minimum Gasteiger partial charge on any atom is -0.452 e. The molecule has 182 valence electrons. The number of carbonyl (C=O) groups excluding carboxylic acids is 3. The monoisotopic (exact) mass is 484 g/mol. The minimum atomic E-state index is -0.607. The van der Waals surface area contributed by atoms with Gasteiger partial charge in [-0.1, -0.05) is 6.92 Å². The molecule has 2 N–H and O–H groups in total. The van der Waals surface area contributed by atoms with E-state index in [1.54, 1.807) is 0 Å². The second-order valence-corrected chi connectivity index (χ2v) is 10.1. The molecule has 2 fully saturated rings. The predicted molar refractivity (Wildman–Crippen MR) is 135 cm³/mol. The number of carbonyl (C=O) groups is 3. The van der Waals surface area contributed by atoms with Crippen LogP contribution in [0.25, 0.3) is 0 Å². The van der Waals surface area contributed by atoms with Crippen LogP contribution in [0.3, 0.4) is 0 Å². The number of rotatable bonds is 8. The van der Waals surface area contributed by atoms with E-state index in [0.717, 1.165) is 61.7 Å². The zero-order valence-electron chi connectivity index (χ0n) is 20.0. The van der Waals surface area contributed by atoms with E-state index in [2.05, 4.69) is 27.4 Å². The van der Waals surface area contributed by atoms with Crippen molar-refractivity contribution < 1.29 is 19.1 Å². The standard InChI is InChI=1S/C25H32N4O4S/c1-4-28-11-13-29(14-12-28)20-9-7-19(8-10-20)26-21(30)15-33-25(32)22-16(2)17(3)34-24(22)27-23(31)18-5-6-18/h7-10,18H,4-6,11-15H2,1-3H3,(H,26,30)(H,27,31). The van der Waals surface area contributed by atoms with Gasteiger partial charge in [0.05, 0.1) is 5.56 Å². The molecule has 0 atom stereocenters. The van der Waals surface area contributed by atoms with E-state index in [9.17, 15) is 14.4 Å². The zero-order chi connectivity index (χ0) is 24.2. The number of amides is 2. The maximum Gasteiger partial charge on any atom is 0.341 e. The molecule has 0 radical (unpaired) electrons. The molecule has 0 bridgehead atoms. The highest BCUT2D eigenvalue weighted by Gasteiger charge is 2.32. The Morgan fingerprint density at radius 3 is 2.32 bits per heavy atom. The van der Waals surface area contributed by atoms with E-state index in [4.69, 9.17) is 4.74 Å². The van der Waals surface area contributed by atoms with Crippen LogP contribution in [0.15, 0.2) is 24.3 Å². The predicted octanol–water partition coefficient (Wildman–Crippen LogP) is 3.65. The molecule has 2 aromatic rings. The van der Waals surface area contributed by atoms with Gasteiger partial charge in [0.25, 0.3) is 5.91 Å². The van der Waals surface area contributed by atoms with E-state index in [1.165, 1.54) is 11.3 Å². The van der Waals surface area contributed by atoms with Crippen molar-refractivity contribution >= 4 is 45.5 Å². The molecule has 1 aliphatic carbocycles. The minimum absolute atomic E-state index is 0.0321. The summed E-state index contributed by atoms with van der Waals surface area (Å²) in [5.74, 6) is -1.05. The number of benzene rings is 1. The molecule has 1 aliphatic heterocycles. The molecule has 2 aliphatic rings. The Hall–Kier alpha value is -2.91. The fourth-order valence-corrected chi connectivity index (χ4v) is 5.05. The van der Waals surface area contributed by atoms with Gasteiger partial charge in [-0.3, -0.25) is 9.59 Å². The maximum absolute atomic E-state index is 12.7. The van der Waals surface area contributed by atoms with Gasteiger partial charge in [0.15, 0.2) is 6.61 Å². The summed E-state index contributed by atoms with van der Waals surface area (Å²) in [6.45, 7) is 10.6. The molecule has 1 saturated carbocycles. The third-order valence-electron chi connectivity index (χ3n) is 6.44. The molecule has 1 aromatic carbocycles. The number of thiophene rings is 1. The quantitative estimate of drug-likeness (QED) is 0.556. The fourth-order valence-electron chi connectivity index (χ4n) is 4.00. The van der Waals surface area contributed by atoms with Gasteiger partial charge in [0.2, 0.25) is 5.91 Å². The van der Waals surface area contributed by atoms with Crippen molar-refractivity contribution in [3.63, 3.8) is 0 Å². The van der Waals surface area contributed by atoms with Crippen molar-refractivity contribution in [3.05, 3.63) is 40.3 Å². The average Bonchev–Trinajstić information content (AvgIpc) is 3.65. The van der Waals surface area contributed by atoms with Gasteiger partial charge in [-0.05, 0) is 63.1 Å². The summed E-state index contributed by atoms with van der Waals surface area (Å²) in [6.07, 6.45) is 1.76. The van der Waals surface area contributed by atoms with Gasteiger partial charge in [-0.25, -0.2) is 4.79 Å². The number of piperazine rings is 1. The lowest BCUT2D eigenvalue weighted by molar-refractivity contribution is -0.119. The first-order valence-electron chi connectivity index (χ1n) is 11.8. The molecule has 34 heavy (non-hydrogen) atoms. The van der Waals surface area contributed by atoms with E-state index in [0.29, 0.717) is 16.3 Å².